The smallest absolute Gasteiger partial charge is 0.336 e. The molecule has 2 amide bonds. The van der Waals surface area contributed by atoms with E-state index in [2.05, 4.69) is 0 Å². The number of amides is 2. The summed E-state index contributed by atoms with van der Waals surface area (Å²) in [6.45, 7) is 0. The van der Waals surface area contributed by atoms with Gasteiger partial charge in [0, 0.05) is 5.69 Å². The van der Waals surface area contributed by atoms with E-state index < -0.39 is 5.91 Å². The van der Waals surface area contributed by atoms with E-state index in [0.29, 0.717) is 16.9 Å². The first-order valence-electron chi connectivity index (χ1n) is 4.29. The second kappa shape index (κ2) is 3.10. The van der Waals surface area contributed by atoms with Crippen molar-refractivity contribution >= 4 is 23.2 Å². The molecule has 5 heteroatoms. The SMILES string of the molecule is N#CC(=O)N1C(=O)Cc2cc(N)ccc21. The maximum atomic E-state index is 11.5. The van der Waals surface area contributed by atoms with Gasteiger partial charge >= 0.3 is 5.91 Å². The first kappa shape index (κ1) is 9.21. The average molecular weight is 201 g/mol. The minimum Gasteiger partial charge on any atom is -0.399 e. The van der Waals surface area contributed by atoms with Crippen molar-refractivity contribution in [3.05, 3.63) is 23.8 Å². The summed E-state index contributed by atoms with van der Waals surface area (Å²) in [6, 6.07) is 6.23. The lowest BCUT2D eigenvalue weighted by Crippen LogP contribution is -2.32. The van der Waals surface area contributed by atoms with Crippen molar-refractivity contribution in [3.63, 3.8) is 0 Å². The summed E-state index contributed by atoms with van der Waals surface area (Å²) in [7, 11) is 0. The highest BCUT2D eigenvalue weighted by molar-refractivity contribution is 6.23. The minimum atomic E-state index is -0.858. The van der Waals surface area contributed by atoms with E-state index >= 15 is 0 Å². The average Bonchev–Trinajstić information content (AvgIpc) is 2.52. The van der Waals surface area contributed by atoms with Gasteiger partial charge in [0.25, 0.3) is 0 Å². The Balaban J connectivity index is 2.52. The summed E-state index contributed by atoms with van der Waals surface area (Å²) < 4.78 is 0. The number of nitrogen functional groups attached to an aromatic ring is 1. The molecule has 0 radical (unpaired) electrons. The van der Waals surface area contributed by atoms with E-state index in [1.165, 1.54) is 6.07 Å². The van der Waals surface area contributed by atoms with Crippen molar-refractivity contribution in [1.29, 1.82) is 5.26 Å². The molecule has 0 saturated heterocycles. The molecule has 2 N–H and O–H groups in total. The van der Waals surface area contributed by atoms with Crippen LogP contribution >= 0.6 is 0 Å². The molecule has 0 saturated carbocycles. The van der Waals surface area contributed by atoms with Gasteiger partial charge in [-0.1, -0.05) is 0 Å². The van der Waals surface area contributed by atoms with E-state index in [9.17, 15) is 9.59 Å². The molecule has 1 aromatic carbocycles. The zero-order valence-electron chi connectivity index (χ0n) is 7.73. The Morgan fingerprint density at radius 3 is 2.93 bits per heavy atom. The molecule has 1 aliphatic heterocycles. The van der Waals surface area contributed by atoms with Crippen LogP contribution in [0.15, 0.2) is 18.2 Å². The molecule has 0 bridgehead atoms. The van der Waals surface area contributed by atoms with Crippen LogP contribution < -0.4 is 10.6 Å². The molecule has 1 heterocycles. The Hall–Kier alpha value is -2.35. The number of nitrogens with two attached hydrogens (primary N) is 1. The maximum absolute atomic E-state index is 11.5. The maximum Gasteiger partial charge on any atom is 0.336 e. The molecular formula is C10H7N3O2. The second-order valence-corrected chi connectivity index (χ2v) is 3.21. The Kier molecular flexibility index (Phi) is 1.90. The van der Waals surface area contributed by atoms with Gasteiger partial charge < -0.3 is 5.73 Å². The number of rotatable bonds is 0. The number of hydrogen-bond donors (Lipinski definition) is 1. The quantitative estimate of drug-likeness (QED) is 0.480. The fourth-order valence-corrected chi connectivity index (χ4v) is 1.61. The van der Waals surface area contributed by atoms with Crippen LogP contribution in [0.1, 0.15) is 5.56 Å². The molecule has 0 unspecified atom stereocenters. The lowest BCUT2D eigenvalue weighted by molar-refractivity contribution is -0.122. The van der Waals surface area contributed by atoms with Gasteiger partial charge in [0.15, 0.2) is 6.07 Å². The fourth-order valence-electron chi connectivity index (χ4n) is 1.61. The van der Waals surface area contributed by atoms with Crippen molar-refractivity contribution in [2.24, 2.45) is 0 Å². The number of fused-ring (bicyclic) bond motifs is 1. The zero-order valence-corrected chi connectivity index (χ0v) is 7.73. The molecule has 0 aromatic heterocycles. The Bertz CT molecular complexity index is 502. The van der Waals surface area contributed by atoms with Crippen LogP contribution in [0.25, 0.3) is 0 Å². The van der Waals surface area contributed by atoms with Gasteiger partial charge in [0.05, 0.1) is 12.1 Å². The van der Waals surface area contributed by atoms with E-state index in [4.69, 9.17) is 11.0 Å². The molecule has 15 heavy (non-hydrogen) atoms. The molecule has 2 rings (SSSR count). The van der Waals surface area contributed by atoms with Gasteiger partial charge in [-0.15, -0.1) is 0 Å². The predicted molar refractivity (Wildman–Crippen MR) is 52.7 cm³/mol. The number of anilines is 2. The van der Waals surface area contributed by atoms with E-state index in [-0.39, 0.29) is 12.3 Å². The normalized spacial score (nSPS) is 13.5. The minimum absolute atomic E-state index is 0.119. The molecule has 74 valence electrons. The first-order valence-corrected chi connectivity index (χ1v) is 4.29. The van der Waals surface area contributed by atoms with Gasteiger partial charge in [-0.05, 0) is 23.8 Å². The molecular weight excluding hydrogens is 194 g/mol. The van der Waals surface area contributed by atoms with Gasteiger partial charge in [0.2, 0.25) is 5.91 Å². The van der Waals surface area contributed by atoms with Crippen molar-refractivity contribution in [2.75, 3.05) is 10.6 Å². The van der Waals surface area contributed by atoms with Gasteiger partial charge in [0.1, 0.15) is 0 Å². The number of hydrogen-bond acceptors (Lipinski definition) is 4. The molecule has 1 aliphatic rings. The summed E-state index contributed by atoms with van der Waals surface area (Å²) >= 11 is 0. The Labute approximate surface area is 85.7 Å². The number of carbonyl (C=O) groups excluding carboxylic acids is 2. The van der Waals surface area contributed by atoms with Gasteiger partial charge in [-0.25, -0.2) is 4.90 Å². The number of nitriles is 1. The number of carbonyl (C=O) groups is 2. The Morgan fingerprint density at radius 2 is 2.27 bits per heavy atom. The van der Waals surface area contributed by atoms with Crippen molar-refractivity contribution in [1.82, 2.24) is 0 Å². The third kappa shape index (κ3) is 1.32. The van der Waals surface area contributed by atoms with Crippen LogP contribution in [0.4, 0.5) is 11.4 Å². The van der Waals surface area contributed by atoms with Gasteiger partial charge in [-0.2, -0.15) is 5.26 Å². The fraction of sp³-hybridized carbons (Fsp3) is 0.100. The summed E-state index contributed by atoms with van der Waals surface area (Å²) in [5.41, 5.74) is 7.23. The highest BCUT2D eigenvalue weighted by Crippen LogP contribution is 2.30. The molecule has 0 atom stereocenters. The number of benzene rings is 1. The van der Waals surface area contributed by atoms with Crippen LogP contribution in [-0.4, -0.2) is 11.8 Å². The summed E-state index contributed by atoms with van der Waals surface area (Å²) in [4.78, 5) is 23.5. The molecule has 1 aromatic rings. The largest absolute Gasteiger partial charge is 0.399 e. The van der Waals surface area contributed by atoms with Crippen molar-refractivity contribution in [3.8, 4) is 6.07 Å². The summed E-state index contributed by atoms with van der Waals surface area (Å²) in [5.74, 6) is -1.24. The monoisotopic (exact) mass is 201 g/mol. The highest BCUT2D eigenvalue weighted by atomic mass is 16.2. The molecule has 0 spiro atoms. The van der Waals surface area contributed by atoms with E-state index in [0.717, 1.165) is 4.90 Å². The Morgan fingerprint density at radius 1 is 1.53 bits per heavy atom. The second-order valence-electron chi connectivity index (χ2n) is 3.21. The predicted octanol–water partition coefficient (Wildman–Crippen LogP) is 0.208. The van der Waals surface area contributed by atoms with E-state index in [1.807, 2.05) is 0 Å². The van der Waals surface area contributed by atoms with Crippen LogP contribution in [-0.2, 0) is 16.0 Å². The number of nitrogens with zero attached hydrogens (tertiary/aromatic N) is 2. The van der Waals surface area contributed by atoms with Crippen LogP contribution in [0.3, 0.4) is 0 Å². The standard InChI is InChI=1S/C10H7N3O2/c11-5-10(15)13-8-2-1-7(12)3-6(8)4-9(13)14/h1-3H,4,12H2. The lowest BCUT2D eigenvalue weighted by atomic mass is 10.1. The summed E-state index contributed by atoms with van der Waals surface area (Å²) in [6.07, 6.45) is 0.119. The third-order valence-electron chi connectivity index (χ3n) is 2.23. The molecule has 0 fully saturated rings. The van der Waals surface area contributed by atoms with Gasteiger partial charge in [-0.3, -0.25) is 9.59 Å². The first-order chi connectivity index (χ1) is 7.13. The topological polar surface area (TPSA) is 87.2 Å². The van der Waals surface area contributed by atoms with Crippen LogP contribution in [0, 0.1) is 11.3 Å². The molecule has 5 nitrogen and oxygen atoms in total. The third-order valence-corrected chi connectivity index (χ3v) is 2.23. The zero-order chi connectivity index (χ0) is 11.0. The van der Waals surface area contributed by atoms with Crippen molar-refractivity contribution < 1.29 is 9.59 Å². The van der Waals surface area contributed by atoms with Crippen LogP contribution in [0.5, 0.6) is 0 Å². The molecule has 0 aliphatic carbocycles. The van der Waals surface area contributed by atoms with Crippen molar-refractivity contribution in [2.45, 2.75) is 6.42 Å². The summed E-state index contributed by atoms with van der Waals surface area (Å²) in [5, 5.41) is 8.48. The lowest BCUT2D eigenvalue weighted by Gasteiger charge is -2.10. The number of imide groups is 1. The highest BCUT2D eigenvalue weighted by Gasteiger charge is 2.32. The van der Waals surface area contributed by atoms with Crippen LogP contribution in [0.2, 0.25) is 0 Å². The van der Waals surface area contributed by atoms with E-state index in [1.54, 1.807) is 18.2 Å².